The fourth-order valence-electron chi connectivity index (χ4n) is 2.67. The van der Waals surface area contributed by atoms with Crippen LogP contribution in [0, 0.1) is 10.1 Å². The van der Waals surface area contributed by atoms with Crippen LogP contribution in [0.1, 0.15) is 49.4 Å². The van der Waals surface area contributed by atoms with Gasteiger partial charge >= 0.3 is 5.97 Å². The topological polar surface area (TPSA) is 98.5 Å². The Balaban J connectivity index is 2.01. The van der Waals surface area contributed by atoms with E-state index in [-0.39, 0.29) is 16.6 Å². The van der Waals surface area contributed by atoms with Crippen molar-refractivity contribution in [1.82, 2.24) is 5.32 Å². The van der Waals surface area contributed by atoms with Gasteiger partial charge in [-0.05, 0) is 31.9 Å². The standard InChI is InChI=1S/C16H19ClN2O5/c1-10(15(20)18-12-5-3-2-4-6-12)24-16(21)13-9-11(17)7-8-14(13)19(22)23/h7-10,12H,2-6H2,1H3,(H,18,20)/t10-/m1/s1. The number of amides is 1. The molecule has 0 unspecified atom stereocenters. The van der Waals surface area contributed by atoms with E-state index >= 15 is 0 Å². The predicted octanol–water partition coefficient (Wildman–Crippen LogP) is 3.24. The number of nitro benzene ring substituents is 1. The Morgan fingerprint density at radius 1 is 1.33 bits per heavy atom. The molecule has 7 nitrogen and oxygen atoms in total. The zero-order chi connectivity index (χ0) is 17.7. The summed E-state index contributed by atoms with van der Waals surface area (Å²) >= 11 is 5.78. The molecule has 1 N–H and O–H groups in total. The molecule has 0 saturated heterocycles. The van der Waals surface area contributed by atoms with E-state index in [4.69, 9.17) is 16.3 Å². The second-order valence-corrected chi connectivity index (χ2v) is 6.25. The van der Waals surface area contributed by atoms with Gasteiger partial charge in [0.2, 0.25) is 0 Å². The highest BCUT2D eigenvalue weighted by Gasteiger charge is 2.27. The van der Waals surface area contributed by atoms with Gasteiger partial charge in [0, 0.05) is 17.1 Å². The highest BCUT2D eigenvalue weighted by Crippen LogP contribution is 2.24. The van der Waals surface area contributed by atoms with Gasteiger partial charge in [-0.1, -0.05) is 30.9 Å². The van der Waals surface area contributed by atoms with E-state index in [1.165, 1.54) is 13.0 Å². The van der Waals surface area contributed by atoms with Gasteiger partial charge in [-0.2, -0.15) is 0 Å². The fourth-order valence-corrected chi connectivity index (χ4v) is 2.85. The number of nitrogens with one attached hydrogen (secondary N) is 1. The van der Waals surface area contributed by atoms with Gasteiger partial charge in [0.1, 0.15) is 5.56 Å². The summed E-state index contributed by atoms with van der Waals surface area (Å²) in [5, 5.41) is 14.0. The molecule has 1 aromatic carbocycles. The van der Waals surface area contributed by atoms with Crippen LogP contribution in [0.3, 0.4) is 0 Å². The molecule has 0 spiro atoms. The van der Waals surface area contributed by atoms with Crippen molar-refractivity contribution in [2.24, 2.45) is 0 Å². The lowest BCUT2D eigenvalue weighted by molar-refractivity contribution is -0.385. The van der Waals surface area contributed by atoms with Crippen molar-refractivity contribution in [2.75, 3.05) is 0 Å². The van der Waals surface area contributed by atoms with Crippen LogP contribution in [-0.2, 0) is 9.53 Å². The number of benzene rings is 1. The zero-order valence-corrected chi connectivity index (χ0v) is 14.0. The van der Waals surface area contributed by atoms with Gasteiger partial charge in [-0.15, -0.1) is 0 Å². The number of nitrogens with zero attached hydrogens (tertiary/aromatic N) is 1. The minimum Gasteiger partial charge on any atom is -0.449 e. The van der Waals surface area contributed by atoms with Crippen LogP contribution in [0.15, 0.2) is 18.2 Å². The summed E-state index contributed by atoms with van der Waals surface area (Å²) in [6.45, 7) is 1.44. The third kappa shape index (κ3) is 4.67. The molecule has 0 aliphatic heterocycles. The number of ether oxygens (including phenoxy) is 1. The Bertz CT molecular complexity index is 643. The van der Waals surface area contributed by atoms with Crippen LogP contribution in [0.5, 0.6) is 0 Å². The summed E-state index contributed by atoms with van der Waals surface area (Å²) in [4.78, 5) is 34.6. The lowest BCUT2D eigenvalue weighted by atomic mass is 9.95. The van der Waals surface area contributed by atoms with Crippen LogP contribution >= 0.6 is 11.6 Å². The Morgan fingerprint density at radius 3 is 2.62 bits per heavy atom. The number of esters is 1. The largest absolute Gasteiger partial charge is 0.449 e. The molecular weight excluding hydrogens is 336 g/mol. The van der Waals surface area contributed by atoms with E-state index in [1.807, 2.05) is 0 Å². The van der Waals surface area contributed by atoms with Crippen molar-refractivity contribution >= 4 is 29.2 Å². The summed E-state index contributed by atoms with van der Waals surface area (Å²) in [5.41, 5.74) is -0.686. The second kappa shape index (κ2) is 8.10. The molecule has 1 aliphatic rings. The molecule has 0 heterocycles. The molecule has 1 aromatic rings. The number of hydrogen-bond donors (Lipinski definition) is 1. The van der Waals surface area contributed by atoms with Crippen LogP contribution in [0.2, 0.25) is 5.02 Å². The van der Waals surface area contributed by atoms with Crippen molar-refractivity contribution in [2.45, 2.75) is 51.2 Å². The van der Waals surface area contributed by atoms with Crippen molar-refractivity contribution in [3.8, 4) is 0 Å². The minimum atomic E-state index is -1.04. The molecule has 1 amide bonds. The van der Waals surface area contributed by atoms with Crippen molar-refractivity contribution in [3.05, 3.63) is 38.9 Å². The lowest BCUT2D eigenvalue weighted by Gasteiger charge is -2.24. The number of carbonyl (C=O) groups excluding carboxylic acids is 2. The third-order valence-electron chi connectivity index (χ3n) is 3.98. The van der Waals surface area contributed by atoms with Crippen LogP contribution in [0.4, 0.5) is 5.69 Å². The van der Waals surface area contributed by atoms with Crippen molar-refractivity contribution in [1.29, 1.82) is 0 Å². The highest BCUT2D eigenvalue weighted by molar-refractivity contribution is 6.31. The number of nitro groups is 1. The monoisotopic (exact) mass is 354 g/mol. The first-order chi connectivity index (χ1) is 11.4. The molecule has 8 heteroatoms. The number of rotatable bonds is 5. The lowest BCUT2D eigenvalue weighted by Crippen LogP contribution is -2.42. The average molecular weight is 355 g/mol. The molecule has 130 valence electrons. The van der Waals surface area contributed by atoms with Gasteiger partial charge in [0.05, 0.1) is 4.92 Å². The summed E-state index contributed by atoms with van der Waals surface area (Å²) < 4.78 is 5.07. The van der Waals surface area contributed by atoms with Crippen molar-refractivity contribution in [3.63, 3.8) is 0 Å². The molecule has 1 fully saturated rings. The van der Waals surface area contributed by atoms with Crippen LogP contribution in [-0.4, -0.2) is 28.9 Å². The summed E-state index contributed by atoms with van der Waals surface area (Å²) in [5.74, 6) is -1.35. The number of hydrogen-bond acceptors (Lipinski definition) is 5. The highest BCUT2D eigenvalue weighted by atomic mass is 35.5. The molecule has 24 heavy (non-hydrogen) atoms. The minimum absolute atomic E-state index is 0.0907. The van der Waals surface area contributed by atoms with E-state index in [9.17, 15) is 19.7 Å². The van der Waals surface area contributed by atoms with Gasteiger partial charge in [0.25, 0.3) is 11.6 Å². The van der Waals surface area contributed by atoms with Crippen molar-refractivity contribution < 1.29 is 19.2 Å². The fraction of sp³-hybridized carbons (Fsp3) is 0.500. The summed E-state index contributed by atoms with van der Waals surface area (Å²) in [6, 6.07) is 3.70. The summed E-state index contributed by atoms with van der Waals surface area (Å²) in [6.07, 6.45) is 4.06. The molecule has 0 radical (unpaired) electrons. The maximum Gasteiger partial charge on any atom is 0.345 e. The quantitative estimate of drug-likeness (QED) is 0.497. The normalized spacial score (nSPS) is 16.2. The van der Waals surface area contributed by atoms with Crippen LogP contribution < -0.4 is 5.32 Å². The molecule has 0 bridgehead atoms. The predicted molar refractivity (Wildman–Crippen MR) is 88.0 cm³/mol. The molecule has 1 saturated carbocycles. The number of carbonyl (C=O) groups is 2. The Morgan fingerprint density at radius 2 is 2.00 bits per heavy atom. The van der Waals surface area contributed by atoms with E-state index < -0.39 is 28.6 Å². The number of halogens is 1. The van der Waals surface area contributed by atoms with E-state index in [1.54, 1.807) is 0 Å². The molecule has 2 rings (SSSR count). The smallest absolute Gasteiger partial charge is 0.345 e. The van der Waals surface area contributed by atoms with E-state index in [0.29, 0.717) is 0 Å². The molecule has 1 aliphatic carbocycles. The van der Waals surface area contributed by atoms with Gasteiger partial charge in [-0.25, -0.2) is 4.79 Å². The molecular formula is C16H19ClN2O5. The Hall–Kier alpha value is -2.15. The maximum atomic E-state index is 12.2. The summed E-state index contributed by atoms with van der Waals surface area (Å²) in [7, 11) is 0. The van der Waals surface area contributed by atoms with Crippen LogP contribution in [0.25, 0.3) is 0 Å². The van der Waals surface area contributed by atoms with E-state index in [0.717, 1.165) is 44.2 Å². The zero-order valence-electron chi connectivity index (χ0n) is 13.3. The molecule has 0 aromatic heterocycles. The first-order valence-electron chi connectivity index (χ1n) is 7.84. The average Bonchev–Trinajstić information content (AvgIpc) is 2.55. The maximum absolute atomic E-state index is 12.2. The molecule has 1 atom stereocenters. The van der Waals surface area contributed by atoms with E-state index in [2.05, 4.69) is 5.32 Å². The van der Waals surface area contributed by atoms with Gasteiger partial charge in [0.15, 0.2) is 6.10 Å². The Labute approximate surface area is 144 Å². The Kier molecular flexibility index (Phi) is 6.14. The second-order valence-electron chi connectivity index (χ2n) is 5.81. The first kappa shape index (κ1) is 18.2. The third-order valence-corrected chi connectivity index (χ3v) is 4.21. The van der Waals surface area contributed by atoms with Gasteiger partial charge in [-0.3, -0.25) is 14.9 Å². The van der Waals surface area contributed by atoms with Gasteiger partial charge < -0.3 is 10.1 Å². The first-order valence-corrected chi connectivity index (χ1v) is 8.21. The SMILES string of the molecule is C[C@@H](OC(=O)c1cc(Cl)ccc1[N+](=O)[O-])C(=O)NC1CCCCC1.